The number of rotatable bonds is 8. The van der Waals surface area contributed by atoms with Crippen molar-refractivity contribution in [3.8, 4) is 11.5 Å². The van der Waals surface area contributed by atoms with Gasteiger partial charge >= 0.3 is 11.9 Å². The lowest BCUT2D eigenvalue weighted by atomic mass is 9.97. The molecule has 0 N–H and O–H groups in total. The molecule has 27 heavy (non-hydrogen) atoms. The molecule has 1 atom stereocenters. The highest BCUT2D eigenvalue weighted by Crippen LogP contribution is 2.46. The Morgan fingerprint density at radius 1 is 1.30 bits per heavy atom. The third-order valence-electron chi connectivity index (χ3n) is 4.48. The van der Waals surface area contributed by atoms with Crippen LogP contribution in [-0.2, 0) is 24.7 Å². The van der Waals surface area contributed by atoms with Gasteiger partial charge in [0.2, 0.25) is 0 Å². The minimum atomic E-state index is -0.812. The Balaban J connectivity index is 2.30. The third-order valence-corrected chi connectivity index (χ3v) is 4.48. The number of hydrogen-bond donors (Lipinski definition) is 0. The lowest BCUT2D eigenvalue weighted by Gasteiger charge is -2.19. The Labute approximate surface area is 160 Å². The first-order valence-electron chi connectivity index (χ1n) is 9.06. The molecule has 1 aliphatic heterocycles. The number of aryl methyl sites for hydroxylation is 1. The lowest BCUT2D eigenvalue weighted by molar-refractivity contribution is -0.146. The molecule has 0 radical (unpaired) electrons. The van der Waals surface area contributed by atoms with E-state index < -0.39 is 11.6 Å². The number of esters is 2. The summed E-state index contributed by atoms with van der Waals surface area (Å²) in [6.45, 7) is 9.68. The number of epoxide rings is 1. The van der Waals surface area contributed by atoms with Crippen molar-refractivity contribution in [3.05, 3.63) is 34.9 Å². The number of ether oxygens (including phenoxy) is 4. The molecule has 1 unspecified atom stereocenters. The van der Waals surface area contributed by atoms with Gasteiger partial charge < -0.3 is 18.9 Å². The molecule has 0 saturated carbocycles. The second kappa shape index (κ2) is 8.57. The minimum absolute atomic E-state index is 0.0674. The number of methoxy groups -OCH3 is 1. The first-order valence-corrected chi connectivity index (χ1v) is 9.06. The average Bonchev–Trinajstić information content (AvgIpc) is 3.39. The molecule has 0 aromatic heterocycles. The molecule has 2 rings (SSSR count). The van der Waals surface area contributed by atoms with E-state index in [2.05, 4.69) is 0 Å². The molecule has 1 saturated heterocycles. The summed E-state index contributed by atoms with van der Waals surface area (Å²) in [5, 5.41) is 0. The zero-order valence-electron chi connectivity index (χ0n) is 16.9. The van der Waals surface area contributed by atoms with E-state index in [1.54, 1.807) is 39.2 Å². The van der Waals surface area contributed by atoms with Crippen molar-refractivity contribution < 1.29 is 28.5 Å². The van der Waals surface area contributed by atoms with Gasteiger partial charge in [0.1, 0.15) is 18.1 Å². The van der Waals surface area contributed by atoms with Crippen LogP contribution >= 0.6 is 0 Å². The Kier molecular flexibility index (Phi) is 6.65. The van der Waals surface area contributed by atoms with Gasteiger partial charge in [-0.05, 0) is 44.4 Å². The van der Waals surface area contributed by atoms with Gasteiger partial charge in [-0.3, -0.25) is 4.79 Å². The van der Waals surface area contributed by atoms with Gasteiger partial charge in [0.25, 0.3) is 0 Å². The van der Waals surface area contributed by atoms with Gasteiger partial charge in [0, 0.05) is 17.6 Å². The van der Waals surface area contributed by atoms with Crippen LogP contribution in [0.15, 0.2) is 23.8 Å². The first-order chi connectivity index (χ1) is 12.7. The molecule has 1 fully saturated rings. The van der Waals surface area contributed by atoms with Crippen LogP contribution in [-0.4, -0.2) is 32.3 Å². The van der Waals surface area contributed by atoms with Crippen LogP contribution in [0.25, 0.3) is 0 Å². The Morgan fingerprint density at radius 2 is 1.96 bits per heavy atom. The number of benzene rings is 1. The Hall–Kier alpha value is -2.34. The summed E-state index contributed by atoms with van der Waals surface area (Å²) in [7, 11) is 1.57. The Morgan fingerprint density at radius 3 is 2.48 bits per heavy atom. The van der Waals surface area contributed by atoms with Gasteiger partial charge in [-0.2, -0.15) is 0 Å². The number of hydrogen-bond acceptors (Lipinski definition) is 6. The smallest absolute Gasteiger partial charge is 0.338 e. The molecule has 0 spiro atoms. The fourth-order valence-electron chi connectivity index (χ4n) is 2.61. The SMILES string of the molecule is C/C=C(\C)C(=O)Oc1cc(C)c(OC)cc1C1(COC(=O)CC(C)C)CO1. The molecule has 1 aromatic carbocycles. The van der Waals surface area contributed by atoms with Crippen molar-refractivity contribution in [2.24, 2.45) is 5.92 Å². The number of carbonyl (C=O) groups excluding carboxylic acids is 2. The summed E-state index contributed by atoms with van der Waals surface area (Å²) >= 11 is 0. The highest BCUT2D eigenvalue weighted by atomic mass is 16.6. The van der Waals surface area contributed by atoms with E-state index in [1.807, 2.05) is 20.8 Å². The predicted octanol–water partition coefficient (Wildman–Crippen LogP) is 3.69. The van der Waals surface area contributed by atoms with Crippen molar-refractivity contribution in [1.82, 2.24) is 0 Å². The molecule has 0 amide bonds. The van der Waals surface area contributed by atoms with E-state index in [-0.39, 0.29) is 18.5 Å². The van der Waals surface area contributed by atoms with Crippen LogP contribution in [0.1, 0.15) is 45.2 Å². The topological polar surface area (TPSA) is 74.4 Å². The maximum Gasteiger partial charge on any atom is 0.338 e. The zero-order valence-corrected chi connectivity index (χ0v) is 16.9. The van der Waals surface area contributed by atoms with E-state index in [0.29, 0.717) is 35.7 Å². The maximum atomic E-state index is 12.2. The van der Waals surface area contributed by atoms with Crippen molar-refractivity contribution >= 4 is 11.9 Å². The van der Waals surface area contributed by atoms with Crippen LogP contribution in [0, 0.1) is 12.8 Å². The van der Waals surface area contributed by atoms with Gasteiger partial charge in [0.15, 0.2) is 5.60 Å². The molecule has 1 aromatic rings. The molecule has 1 aliphatic rings. The molecular weight excluding hydrogens is 348 g/mol. The van der Waals surface area contributed by atoms with E-state index in [9.17, 15) is 9.59 Å². The monoisotopic (exact) mass is 376 g/mol. The van der Waals surface area contributed by atoms with E-state index >= 15 is 0 Å². The van der Waals surface area contributed by atoms with Crippen molar-refractivity contribution in [1.29, 1.82) is 0 Å². The third kappa shape index (κ3) is 5.10. The van der Waals surface area contributed by atoms with E-state index in [4.69, 9.17) is 18.9 Å². The standard InChI is InChI=1S/C21H28O6/c1-7-14(4)20(23)27-18-9-15(5)17(24-6)10-16(18)21(12-26-21)11-25-19(22)8-13(2)3/h7,9-10,13H,8,11-12H2,1-6H3/b14-7+. The van der Waals surface area contributed by atoms with Crippen molar-refractivity contribution in [2.75, 3.05) is 20.3 Å². The second-order valence-electron chi connectivity index (χ2n) is 7.22. The average molecular weight is 376 g/mol. The van der Waals surface area contributed by atoms with Crippen LogP contribution in [0.4, 0.5) is 0 Å². The maximum absolute atomic E-state index is 12.2. The fourth-order valence-corrected chi connectivity index (χ4v) is 2.61. The fraction of sp³-hybridized carbons (Fsp3) is 0.524. The molecule has 148 valence electrons. The highest BCUT2D eigenvalue weighted by Gasteiger charge is 2.50. The van der Waals surface area contributed by atoms with Crippen LogP contribution in [0.3, 0.4) is 0 Å². The van der Waals surface area contributed by atoms with E-state index in [0.717, 1.165) is 5.56 Å². The van der Waals surface area contributed by atoms with Gasteiger partial charge in [-0.25, -0.2) is 4.79 Å². The largest absolute Gasteiger partial charge is 0.496 e. The molecule has 6 heteroatoms. The minimum Gasteiger partial charge on any atom is -0.496 e. The number of carbonyl (C=O) groups is 2. The second-order valence-corrected chi connectivity index (χ2v) is 7.22. The van der Waals surface area contributed by atoms with Gasteiger partial charge in [-0.15, -0.1) is 0 Å². The molecule has 0 aliphatic carbocycles. The van der Waals surface area contributed by atoms with Gasteiger partial charge in [0.05, 0.1) is 13.7 Å². The van der Waals surface area contributed by atoms with Crippen LogP contribution in [0.5, 0.6) is 11.5 Å². The summed E-state index contributed by atoms with van der Waals surface area (Å²) in [5.74, 6) is 0.541. The van der Waals surface area contributed by atoms with Crippen molar-refractivity contribution in [3.63, 3.8) is 0 Å². The lowest BCUT2D eigenvalue weighted by Crippen LogP contribution is -2.23. The van der Waals surface area contributed by atoms with Crippen LogP contribution in [0.2, 0.25) is 0 Å². The van der Waals surface area contributed by atoms with E-state index in [1.165, 1.54) is 0 Å². The molecular formula is C21H28O6. The molecule has 6 nitrogen and oxygen atoms in total. The summed E-state index contributed by atoms with van der Waals surface area (Å²) in [6, 6.07) is 3.53. The summed E-state index contributed by atoms with van der Waals surface area (Å²) in [4.78, 5) is 24.2. The van der Waals surface area contributed by atoms with Gasteiger partial charge in [-0.1, -0.05) is 19.9 Å². The summed E-state index contributed by atoms with van der Waals surface area (Å²) < 4.78 is 22.1. The quantitative estimate of drug-likeness (QED) is 0.298. The predicted molar refractivity (Wildman–Crippen MR) is 101 cm³/mol. The van der Waals surface area contributed by atoms with Crippen LogP contribution < -0.4 is 9.47 Å². The molecule has 0 bridgehead atoms. The van der Waals surface area contributed by atoms with Crippen molar-refractivity contribution in [2.45, 2.75) is 46.6 Å². The Bertz CT molecular complexity index is 743. The summed E-state index contributed by atoms with van der Waals surface area (Å²) in [6.07, 6.45) is 2.03. The summed E-state index contributed by atoms with van der Waals surface area (Å²) in [5.41, 5.74) is 1.16. The highest BCUT2D eigenvalue weighted by molar-refractivity contribution is 5.89. The first kappa shape index (κ1) is 21.0. The zero-order chi connectivity index (χ0) is 20.2. The number of allylic oxidation sites excluding steroid dienone is 1. The normalized spacial score (nSPS) is 19.0. The molecule has 1 heterocycles.